The van der Waals surface area contributed by atoms with Gasteiger partial charge in [-0.05, 0) is 12.1 Å². The molecular weight excluding hydrogens is 254 g/mol. The van der Waals surface area contributed by atoms with Crippen molar-refractivity contribution in [3.05, 3.63) is 40.3 Å². The van der Waals surface area contributed by atoms with Crippen LogP contribution in [0, 0.1) is 11.3 Å². The first-order valence-corrected chi connectivity index (χ1v) is 5.71. The fraction of sp³-hybridized carbons (Fsp3) is 0.250. The number of hydrogen-bond donors (Lipinski definition) is 1. The zero-order chi connectivity index (χ0) is 13.0. The van der Waals surface area contributed by atoms with Crippen LogP contribution in [-0.2, 0) is 4.74 Å². The number of hydrogen-bond acceptors (Lipinski definition) is 5. The number of halogens is 1. The Labute approximate surface area is 109 Å². The van der Waals surface area contributed by atoms with Gasteiger partial charge in [0, 0.05) is 18.3 Å². The summed E-state index contributed by atoms with van der Waals surface area (Å²) >= 11 is 5.65. The van der Waals surface area contributed by atoms with Crippen molar-refractivity contribution in [2.75, 3.05) is 19.8 Å². The van der Waals surface area contributed by atoms with Gasteiger partial charge in [0.1, 0.15) is 16.8 Å². The maximum atomic E-state index is 12.1. The van der Waals surface area contributed by atoms with E-state index in [2.05, 4.69) is 10.3 Å². The summed E-state index contributed by atoms with van der Waals surface area (Å²) in [7, 11) is 0. The van der Waals surface area contributed by atoms with Gasteiger partial charge < -0.3 is 10.1 Å². The molecule has 0 amide bonds. The van der Waals surface area contributed by atoms with Crippen LogP contribution in [0.25, 0.3) is 0 Å². The topological polar surface area (TPSA) is 75.0 Å². The summed E-state index contributed by atoms with van der Waals surface area (Å²) in [5.41, 5.74) is 0.901. The number of ketones is 1. The molecule has 1 saturated heterocycles. The van der Waals surface area contributed by atoms with Crippen LogP contribution in [0.5, 0.6) is 0 Å². The van der Waals surface area contributed by atoms with Gasteiger partial charge in [-0.1, -0.05) is 11.6 Å². The standard InChI is InChI=1S/C12H10ClN3O2/c13-11-2-1-8(6-16-11)12(17)9(5-14)10-7-18-4-3-15-10/h1-2,6,15H,3-4,7H2/b10-9-. The van der Waals surface area contributed by atoms with Gasteiger partial charge in [0.2, 0.25) is 5.78 Å². The van der Waals surface area contributed by atoms with Crippen LogP contribution < -0.4 is 5.32 Å². The Balaban J connectivity index is 2.31. The molecule has 0 saturated carbocycles. The predicted molar refractivity (Wildman–Crippen MR) is 65.0 cm³/mol. The number of nitriles is 1. The molecule has 2 heterocycles. The monoisotopic (exact) mass is 263 g/mol. The number of nitrogens with one attached hydrogen (secondary N) is 1. The molecule has 5 nitrogen and oxygen atoms in total. The first kappa shape index (κ1) is 12.6. The Hall–Kier alpha value is -1.90. The van der Waals surface area contributed by atoms with Gasteiger partial charge in [-0.3, -0.25) is 4.79 Å². The summed E-state index contributed by atoms with van der Waals surface area (Å²) in [6.45, 7) is 1.40. The van der Waals surface area contributed by atoms with E-state index in [0.29, 0.717) is 29.6 Å². The average Bonchev–Trinajstić information content (AvgIpc) is 2.41. The quantitative estimate of drug-likeness (QED) is 0.377. The number of Topliss-reactive ketones (excluding diaryl/α,β-unsaturated/α-hetero) is 1. The molecule has 92 valence electrons. The smallest absolute Gasteiger partial charge is 0.206 e. The summed E-state index contributed by atoms with van der Waals surface area (Å²) in [6, 6.07) is 4.97. The third kappa shape index (κ3) is 2.67. The van der Waals surface area contributed by atoms with E-state index in [1.807, 2.05) is 6.07 Å². The normalized spacial score (nSPS) is 17.6. The first-order valence-electron chi connectivity index (χ1n) is 5.33. The number of pyridine rings is 1. The van der Waals surface area contributed by atoms with Crippen LogP contribution in [-0.4, -0.2) is 30.5 Å². The van der Waals surface area contributed by atoms with Crippen molar-refractivity contribution < 1.29 is 9.53 Å². The molecule has 1 aromatic heterocycles. The Morgan fingerprint density at radius 3 is 2.94 bits per heavy atom. The molecule has 6 heteroatoms. The summed E-state index contributed by atoms with van der Waals surface area (Å²) in [5, 5.41) is 12.4. The van der Waals surface area contributed by atoms with Crippen LogP contribution in [0.15, 0.2) is 29.6 Å². The van der Waals surface area contributed by atoms with E-state index < -0.39 is 0 Å². The molecule has 1 aliphatic rings. The Kier molecular flexibility index (Phi) is 3.92. The second-order valence-electron chi connectivity index (χ2n) is 3.64. The van der Waals surface area contributed by atoms with E-state index in [1.54, 1.807) is 6.07 Å². The van der Waals surface area contributed by atoms with Crippen LogP contribution >= 0.6 is 11.6 Å². The minimum atomic E-state index is -0.380. The maximum absolute atomic E-state index is 12.1. The Morgan fingerprint density at radius 2 is 2.39 bits per heavy atom. The Morgan fingerprint density at radius 1 is 1.56 bits per heavy atom. The van der Waals surface area contributed by atoms with Gasteiger partial charge in [0.25, 0.3) is 0 Å². The molecule has 2 rings (SSSR count). The lowest BCUT2D eigenvalue weighted by Crippen LogP contribution is -2.31. The predicted octanol–water partition coefficient (Wildman–Crippen LogP) is 1.32. The van der Waals surface area contributed by atoms with Crippen LogP contribution in [0.2, 0.25) is 5.15 Å². The summed E-state index contributed by atoms with van der Waals surface area (Å²) in [4.78, 5) is 16.0. The summed E-state index contributed by atoms with van der Waals surface area (Å²) < 4.78 is 5.21. The molecule has 1 fully saturated rings. The number of aromatic nitrogens is 1. The number of rotatable bonds is 2. The van der Waals surface area contributed by atoms with Crippen LogP contribution in [0.1, 0.15) is 10.4 Å². The maximum Gasteiger partial charge on any atom is 0.206 e. The summed E-state index contributed by atoms with van der Waals surface area (Å²) in [6.07, 6.45) is 1.35. The van der Waals surface area contributed by atoms with Crippen molar-refractivity contribution in [1.82, 2.24) is 10.3 Å². The largest absolute Gasteiger partial charge is 0.383 e. The van der Waals surface area contributed by atoms with Gasteiger partial charge in [-0.2, -0.15) is 5.26 Å². The van der Waals surface area contributed by atoms with Crippen LogP contribution in [0.4, 0.5) is 0 Å². The second kappa shape index (κ2) is 5.63. The fourth-order valence-electron chi connectivity index (χ4n) is 1.57. The van der Waals surface area contributed by atoms with E-state index in [0.717, 1.165) is 0 Å². The number of allylic oxidation sites excluding steroid dienone is 1. The lowest BCUT2D eigenvalue weighted by Gasteiger charge is -2.18. The van der Waals surface area contributed by atoms with E-state index in [9.17, 15) is 4.79 Å². The number of ether oxygens (including phenoxy) is 1. The molecule has 0 unspecified atom stereocenters. The zero-order valence-electron chi connectivity index (χ0n) is 9.44. The number of morpholine rings is 1. The van der Waals surface area contributed by atoms with Gasteiger partial charge >= 0.3 is 0 Å². The van der Waals surface area contributed by atoms with Crippen molar-refractivity contribution in [1.29, 1.82) is 5.26 Å². The molecule has 0 spiro atoms. The minimum absolute atomic E-state index is 0.0545. The first-order chi connectivity index (χ1) is 8.72. The second-order valence-corrected chi connectivity index (χ2v) is 4.03. The third-order valence-electron chi connectivity index (χ3n) is 2.46. The lowest BCUT2D eigenvalue weighted by atomic mass is 10.0. The average molecular weight is 264 g/mol. The highest BCUT2D eigenvalue weighted by Crippen LogP contribution is 2.13. The fourth-order valence-corrected chi connectivity index (χ4v) is 1.68. The molecular formula is C12H10ClN3O2. The molecule has 0 radical (unpaired) electrons. The number of carbonyl (C=O) groups excluding carboxylic acids is 1. The van der Waals surface area contributed by atoms with Gasteiger partial charge in [0.15, 0.2) is 0 Å². The van der Waals surface area contributed by atoms with Crippen molar-refractivity contribution in [2.24, 2.45) is 0 Å². The number of carbonyl (C=O) groups is 1. The molecule has 1 aromatic rings. The molecule has 0 atom stereocenters. The highest BCUT2D eigenvalue weighted by Gasteiger charge is 2.19. The molecule has 0 bridgehead atoms. The van der Waals surface area contributed by atoms with Gasteiger partial charge in [-0.25, -0.2) is 4.98 Å². The molecule has 1 aliphatic heterocycles. The highest BCUT2D eigenvalue weighted by molar-refractivity contribution is 6.29. The van der Waals surface area contributed by atoms with Crippen molar-refractivity contribution in [3.8, 4) is 6.07 Å². The Bertz CT molecular complexity index is 523. The van der Waals surface area contributed by atoms with E-state index in [1.165, 1.54) is 12.3 Å². The van der Waals surface area contributed by atoms with Gasteiger partial charge in [0.05, 0.1) is 18.9 Å². The summed E-state index contributed by atoms with van der Waals surface area (Å²) in [5.74, 6) is -0.380. The zero-order valence-corrected chi connectivity index (χ0v) is 10.2. The SMILES string of the molecule is N#C/C(C(=O)c1ccc(Cl)nc1)=C1\COCCN1. The molecule has 1 N–H and O–H groups in total. The van der Waals surface area contributed by atoms with Gasteiger partial charge in [-0.15, -0.1) is 0 Å². The highest BCUT2D eigenvalue weighted by atomic mass is 35.5. The van der Waals surface area contributed by atoms with E-state index in [-0.39, 0.29) is 18.0 Å². The van der Waals surface area contributed by atoms with Crippen molar-refractivity contribution >= 4 is 17.4 Å². The van der Waals surface area contributed by atoms with Crippen molar-refractivity contribution in [3.63, 3.8) is 0 Å². The minimum Gasteiger partial charge on any atom is -0.383 e. The molecule has 0 aliphatic carbocycles. The number of nitrogens with zero attached hydrogens (tertiary/aromatic N) is 2. The van der Waals surface area contributed by atoms with Crippen molar-refractivity contribution in [2.45, 2.75) is 0 Å². The third-order valence-corrected chi connectivity index (χ3v) is 2.68. The van der Waals surface area contributed by atoms with E-state index >= 15 is 0 Å². The lowest BCUT2D eigenvalue weighted by molar-refractivity contribution is 0.102. The molecule has 18 heavy (non-hydrogen) atoms. The van der Waals surface area contributed by atoms with Crippen LogP contribution in [0.3, 0.4) is 0 Å². The van der Waals surface area contributed by atoms with E-state index in [4.69, 9.17) is 21.6 Å². The molecule has 0 aromatic carbocycles.